The largest absolute Gasteiger partial charge is 0.342 e. The summed E-state index contributed by atoms with van der Waals surface area (Å²) in [5.74, 6) is -1.14. The lowest BCUT2D eigenvalue weighted by Crippen LogP contribution is -2.48. The van der Waals surface area contributed by atoms with Gasteiger partial charge in [-0.1, -0.05) is 18.2 Å². The number of amides is 2. The highest BCUT2D eigenvalue weighted by molar-refractivity contribution is 6.35. The Bertz CT molecular complexity index is 830. The van der Waals surface area contributed by atoms with Crippen LogP contribution in [0.2, 0.25) is 0 Å². The van der Waals surface area contributed by atoms with Gasteiger partial charge in [0.1, 0.15) is 0 Å². The normalized spacial score (nSPS) is 17.7. The summed E-state index contributed by atoms with van der Waals surface area (Å²) in [4.78, 5) is 37.8. The Balaban J connectivity index is 1.72. The summed E-state index contributed by atoms with van der Waals surface area (Å²) in [5.41, 5.74) is 0.247. The van der Waals surface area contributed by atoms with E-state index >= 15 is 0 Å². The van der Waals surface area contributed by atoms with Crippen LogP contribution in [0.15, 0.2) is 29.1 Å². The van der Waals surface area contributed by atoms with Crippen LogP contribution in [0, 0.1) is 0 Å². The third-order valence-electron chi connectivity index (χ3n) is 4.45. The van der Waals surface area contributed by atoms with Crippen molar-refractivity contribution < 1.29 is 9.59 Å². The molecular weight excluding hydrogens is 308 g/mol. The van der Waals surface area contributed by atoms with Crippen LogP contribution >= 0.6 is 0 Å². The zero-order valence-corrected chi connectivity index (χ0v) is 13.5. The molecule has 1 unspecified atom stereocenters. The molecule has 0 radical (unpaired) electrons. The quantitative estimate of drug-likeness (QED) is 0.802. The van der Waals surface area contributed by atoms with Gasteiger partial charge < -0.3 is 10.2 Å². The fourth-order valence-electron chi connectivity index (χ4n) is 3.08. The van der Waals surface area contributed by atoms with E-state index in [1.807, 2.05) is 6.92 Å². The summed E-state index contributed by atoms with van der Waals surface area (Å²) in [6.07, 6.45) is 2.93. The molecular formula is C17H20N4O3. The molecule has 1 atom stereocenters. The molecule has 1 aliphatic heterocycles. The van der Waals surface area contributed by atoms with Crippen LogP contribution in [-0.4, -0.2) is 39.5 Å². The number of hydrogen-bond acceptors (Lipinski definition) is 4. The van der Waals surface area contributed by atoms with E-state index in [1.54, 1.807) is 29.2 Å². The molecule has 0 aliphatic carbocycles. The molecule has 126 valence electrons. The van der Waals surface area contributed by atoms with Gasteiger partial charge in [0, 0.05) is 18.0 Å². The van der Waals surface area contributed by atoms with Gasteiger partial charge in [-0.3, -0.25) is 14.4 Å². The van der Waals surface area contributed by atoms with Crippen LogP contribution in [0.4, 0.5) is 0 Å². The first-order valence-corrected chi connectivity index (χ1v) is 8.13. The van der Waals surface area contributed by atoms with Crippen molar-refractivity contribution in [2.24, 2.45) is 0 Å². The second-order valence-corrected chi connectivity index (χ2v) is 6.07. The molecule has 0 bridgehead atoms. The van der Waals surface area contributed by atoms with Gasteiger partial charge in [-0.2, -0.15) is 5.10 Å². The van der Waals surface area contributed by atoms with Gasteiger partial charge in [0.15, 0.2) is 0 Å². The molecule has 0 spiro atoms. The molecule has 1 fully saturated rings. The molecule has 7 heteroatoms. The SMILES string of the molecule is CC1CCCCN1C(=O)C(=O)NCc1n[nH]c(=O)c2ccccc12. The highest BCUT2D eigenvalue weighted by atomic mass is 16.2. The van der Waals surface area contributed by atoms with E-state index in [0.29, 0.717) is 23.0 Å². The molecule has 2 heterocycles. The van der Waals surface area contributed by atoms with Gasteiger partial charge in [0.2, 0.25) is 0 Å². The minimum absolute atomic E-state index is 0.0871. The zero-order valence-electron chi connectivity index (χ0n) is 13.5. The third-order valence-corrected chi connectivity index (χ3v) is 4.45. The van der Waals surface area contributed by atoms with Crippen molar-refractivity contribution in [1.82, 2.24) is 20.4 Å². The maximum Gasteiger partial charge on any atom is 0.312 e. The summed E-state index contributed by atoms with van der Waals surface area (Å²) in [6.45, 7) is 2.67. The molecule has 1 aromatic heterocycles. The van der Waals surface area contributed by atoms with Crippen LogP contribution in [0.25, 0.3) is 10.8 Å². The number of nitrogens with one attached hydrogen (secondary N) is 2. The van der Waals surface area contributed by atoms with E-state index in [9.17, 15) is 14.4 Å². The van der Waals surface area contributed by atoms with Crippen molar-refractivity contribution >= 4 is 22.6 Å². The summed E-state index contributed by atoms with van der Waals surface area (Å²) < 4.78 is 0. The van der Waals surface area contributed by atoms with E-state index in [0.717, 1.165) is 19.3 Å². The van der Waals surface area contributed by atoms with E-state index in [1.165, 1.54) is 0 Å². The van der Waals surface area contributed by atoms with Crippen molar-refractivity contribution in [2.45, 2.75) is 38.8 Å². The maximum atomic E-state index is 12.3. The van der Waals surface area contributed by atoms with Gasteiger partial charge in [-0.25, -0.2) is 5.10 Å². The number of fused-ring (bicyclic) bond motifs is 1. The fourth-order valence-corrected chi connectivity index (χ4v) is 3.08. The molecule has 1 saturated heterocycles. The Morgan fingerprint density at radius 2 is 2.04 bits per heavy atom. The van der Waals surface area contributed by atoms with Crippen molar-refractivity contribution in [3.63, 3.8) is 0 Å². The molecule has 24 heavy (non-hydrogen) atoms. The third kappa shape index (κ3) is 3.15. The van der Waals surface area contributed by atoms with Gasteiger partial charge in [0.25, 0.3) is 5.56 Å². The highest BCUT2D eigenvalue weighted by Gasteiger charge is 2.28. The summed E-state index contributed by atoms with van der Waals surface area (Å²) in [6, 6.07) is 7.12. The second-order valence-electron chi connectivity index (χ2n) is 6.07. The van der Waals surface area contributed by atoms with Crippen molar-refractivity contribution in [2.75, 3.05) is 6.54 Å². The van der Waals surface area contributed by atoms with E-state index in [4.69, 9.17) is 0 Å². The summed E-state index contributed by atoms with van der Waals surface area (Å²) in [7, 11) is 0. The molecule has 2 N–H and O–H groups in total. The fraction of sp³-hybridized carbons (Fsp3) is 0.412. The molecule has 1 aromatic carbocycles. The van der Waals surface area contributed by atoms with Crippen molar-refractivity contribution in [3.8, 4) is 0 Å². The van der Waals surface area contributed by atoms with Crippen LogP contribution in [0.1, 0.15) is 31.9 Å². The Hall–Kier alpha value is -2.70. The maximum absolute atomic E-state index is 12.3. The number of H-pyrrole nitrogens is 1. The van der Waals surface area contributed by atoms with Gasteiger partial charge in [-0.15, -0.1) is 0 Å². The van der Waals surface area contributed by atoms with Crippen LogP contribution in [0.5, 0.6) is 0 Å². The Labute approximate surface area is 139 Å². The molecule has 2 amide bonds. The molecule has 7 nitrogen and oxygen atoms in total. The lowest BCUT2D eigenvalue weighted by atomic mass is 10.0. The zero-order chi connectivity index (χ0) is 17.1. The number of likely N-dealkylation sites (tertiary alicyclic amines) is 1. The monoisotopic (exact) mass is 328 g/mol. The number of nitrogens with zero attached hydrogens (tertiary/aromatic N) is 2. The van der Waals surface area contributed by atoms with Crippen LogP contribution < -0.4 is 10.9 Å². The standard InChI is InChI=1S/C17H20N4O3/c1-11-6-4-5-9-21(11)17(24)16(23)18-10-14-12-7-2-3-8-13(12)15(22)20-19-14/h2-3,7-8,11H,4-6,9-10H2,1H3,(H,18,23)(H,20,22). The first-order valence-electron chi connectivity index (χ1n) is 8.13. The van der Waals surface area contributed by atoms with Crippen LogP contribution in [-0.2, 0) is 16.1 Å². The predicted octanol–water partition coefficient (Wildman–Crippen LogP) is 0.940. The molecule has 1 aliphatic rings. The number of rotatable bonds is 2. The lowest BCUT2D eigenvalue weighted by Gasteiger charge is -2.32. The summed E-state index contributed by atoms with van der Waals surface area (Å²) in [5, 5.41) is 10.2. The van der Waals surface area contributed by atoms with E-state index in [2.05, 4.69) is 15.5 Å². The summed E-state index contributed by atoms with van der Waals surface area (Å²) >= 11 is 0. The van der Waals surface area contributed by atoms with Crippen molar-refractivity contribution in [1.29, 1.82) is 0 Å². The minimum atomic E-state index is -0.638. The molecule has 2 aromatic rings. The average molecular weight is 328 g/mol. The number of aromatic nitrogens is 2. The number of aromatic amines is 1. The number of carbonyl (C=O) groups is 2. The second kappa shape index (κ2) is 6.82. The van der Waals surface area contributed by atoms with Crippen LogP contribution in [0.3, 0.4) is 0 Å². The van der Waals surface area contributed by atoms with Gasteiger partial charge in [0.05, 0.1) is 17.6 Å². The number of piperidine rings is 1. The first kappa shape index (κ1) is 16.2. The lowest BCUT2D eigenvalue weighted by molar-refractivity contribution is -0.148. The first-order chi connectivity index (χ1) is 11.6. The van der Waals surface area contributed by atoms with E-state index < -0.39 is 11.8 Å². The van der Waals surface area contributed by atoms with Gasteiger partial charge >= 0.3 is 11.8 Å². The highest BCUT2D eigenvalue weighted by Crippen LogP contribution is 2.16. The van der Waals surface area contributed by atoms with Gasteiger partial charge in [-0.05, 0) is 32.3 Å². The Morgan fingerprint density at radius 3 is 2.79 bits per heavy atom. The Morgan fingerprint density at radius 1 is 1.29 bits per heavy atom. The smallest absolute Gasteiger partial charge is 0.312 e. The Kier molecular flexibility index (Phi) is 4.59. The average Bonchev–Trinajstić information content (AvgIpc) is 2.61. The van der Waals surface area contributed by atoms with Crippen molar-refractivity contribution in [3.05, 3.63) is 40.3 Å². The number of carbonyl (C=O) groups excluding carboxylic acids is 2. The topological polar surface area (TPSA) is 95.2 Å². The predicted molar refractivity (Wildman–Crippen MR) is 89.2 cm³/mol. The minimum Gasteiger partial charge on any atom is -0.342 e. The van der Waals surface area contributed by atoms with E-state index in [-0.39, 0.29) is 18.1 Å². The molecule has 3 rings (SSSR count). The number of benzene rings is 1. The molecule has 0 saturated carbocycles. The number of hydrogen-bond donors (Lipinski definition) is 2.